The number of nitrogens with one attached hydrogen (secondary N) is 2. The van der Waals surface area contributed by atoms with Crippen LogP contribution in [0.1, 0.15) is 25.0 Å². The summed E-state index contributed by atoms with van der Waals surface area (Å²) in [7, 11) is 0. The van der Waals surface area contributed by atoms with Crippen molar-refractivity contribution in [3.63, 3.8) is 0 Å². The third kappa shape index (κ3) is 8.48. The maximum absolute atomic E-state index is 11.7. The summed E-state index contributed by atoms with van der Waals surface area (Å²) in [4.78, 5) is 45.0. The molecule has 2 N–H and O–H groups in total. The Hall–Kier alpha value is -3.80. The molecule has 0 unspecified atom stereocenters. The first-order chi connectivity index (χ1) is 14.3. The average molecular weight is 404 g/mol. The first-order valence-corrected chi connectivity index (χ1v) is 9.44. The quantitative estimate of drug-likeness (QED) is 0.592. The van der Waals surface area contributed by atoms with Crippen molar-refractivity contribution in [1.29, 1.82) is 0 Å². The molecular formula is C24H24N2O4. The van der Waals surface area contributed by atoms with Gasteiger partial charge in [0.05, 0.1) is 6.54 Å². The second kappa shape index (κ2) is 11.3. The van der Waals surface area contributed by atoms with E-state index in [1.54, 1.807) is 0 Å². The van der Waals surface area contributed by atoms with Crippen molar-refractivity contribution < 1.29 is 19.2 Å². The van der Waals surface area contributed by atoms with E-state index < -0.39 is 0 Å². The summed E-state index contributed by atoms with van der Waals surface area (Å²) in [6, 6.07) is 15.2. The standard InChI is InChI=1S/C24H24N2O4/c1-17(27)3-13-23(29)16-25-21-9-5-19(6-10-21)15-20-7-11-22(12-8-20)26-24(30)14-4-18(2)28/h3-14,25H,15-16H2,1-2H3,(H,26,30)/b13-3-,14-4-. The van der Waals surface area contributed by atoms with Gasteiger partial charge in [0.25, 0.3) is 0 Å². The van der Waals surface area contributed by atoms with Crippen molar-refractivity contribution in [2.24, 2.45) is 0 Å². The Morgan fingerprint density at radius 3 is 1.73 bits per heavy atom. The summed E-state index contributed by atoms with van der Waals surface area (Å²) in [6.45, 7) is 2.90. The van der Waals surface area contributed by atoms with Gasteiger partial charge in [-0.05, 0) is 73.9 Å². The fourth-order valence-electron chi connectivity index (χ4n) is 2.52. The summed E-state index contributed by atoms with van der Waals surface area (Å²) in [5.74, 6) is -0.861. The normalized spacial score (nSPS) is 10.9. The molecule has 0 radical (unpaired) electrons. The van der Waals surface area contributed by atoms with Crippen LogP contribution in [-0.4, -0.2) is 29.8 Å². The number of carbonyl (C=O) groups excluding carboxylic acids is 4. The zero-order valence-electron chi connectivity index (χ0n) is 17.0. The summed E-state index contributed by atoms with van der Waals surface area (Å²) in [5.41, 5.74) is 3.65. The predicted octanol–water partition coefficient (Wildman–Crippen LogP) is 3.49. The van der Waals surface area contributed by atoms with Gasteiger partial charge in [0.1, 0.15) is 0 Å². The average Bonchev–Trinajstić information content (AvgIpc) is 2.71. The Kier molecular flexibility index (Phi) is 8.44. The second-order valence-corrected chi connectivity index (χ2v) is 6.77. The molecule has 2 aromatic carbocycles. The third-order valence-electron chi connectivity index (χ3n) is 4.02. The number of hydrogen-bond acceptors (Lipinski definition) is 5. The molecular weight excluding hydrogens is 380 g/mol. The van der Waals surface area contributed by atoms with Crippen molar-refractivity contribution >= 4 is 34.6 Å². The minimum Gasteiger partial charge on any atom is -0.378 e. The van der Waals surface area contributed by atoms with E-state index in [0.717, 1.165) is 23.2 Å². The lowest BCUT2D eigenvalue weighted by Gasteiger charge is -2.07. The van der Waals surface area contributed by atoms with Crippen molar-refractivity contribution in [3.05, 3.63) is 84.0 Å². The Labute approximate surface area is 175 Å². The van der Waals surface area contributed by atoms with Crippen LogP contribution >= 0.6 is 0 Å². The Morgan fingerprint density at radius 1 is 0.700 bits per heavy atom. The zero-order chi connectivity index (χ0) is 21.9. The molecule has 0 saturated heterocycles. The SMILES string of the molecule is CC(=O)/C=C\C(=O)CNc1ccc(Cc2ccc(NC(=O)/C=C\C(C)=O)cc2)cc1. The zero-order valence-corrected chi connectivity index (χ0v) is 17.0. The minimum atomic E-state index is -0.351. The fourth-order valence-corrected chi connectivity index (χ4v) is 2.52. The van der Waals surface area contributed by atoms with E-state index in [1.807, 2.05) is 48.5 Å². The van der Waals surface area contributed by atoms with Gasteiger partial charge in [-0.3, -0.25) is 19.2 Å². The van der Waals surface area contributed by atoms with Crippen LogP contribution in [0.25, 0.3) is 0 Å². The molecule has 0 spiro atoms. The van der Waals surface area contributed by atoms with Gasteiger partial charge in [-0.25, -0.2) is 0 Å². The van der Waals surface area contributed by atoms with Gasteiger partial charge in [-0.15, -0.1) is 0 Å². The van der Waals surface area contributed by atoms with Crippen LogP contribution in [0.3, 0.4) is 0 Å². The number of ketones is 3. The number of amides is 1. The number of rotatable bonds is 10. The highest BCUT2D eigenvalue weighted by Crippen LogP contribution is 2.16. The lowest BCUT2D eigenvalue weighted by molar-refractivity contribution is -0.115. The molecule has 0 bridgehead atoms. The van der Waals surface area contributed by atoms with Crippen LogP contribution in [0.15, 0.2) is 72.8 Å². The smallest absolute Gasteiger partial charge is 0.248 e. The molecule has 0 atom stereocenters. The summed E-state index contributed by atoms with van der Waals surface area (Å²) in [5, 5.41) is 5.72. The number of benzene rings is 2. The number of anilines is 2. The summed E-state index contributed by atoms with van der Waals surface area (Å²) in [6.07, 6.45) is 5.68. The van der Waals surface area contributed by atoms with Crippen molar-refractivity contribution in [3.8, 4) is 0 Å². The highest BCUT2D eigenvalue weighted by molar-refractivity contribution is 6.03. The highest BCUT2D eigenvalue weighted by atomic mass is 16.2. The van der Waals surface area contributed by atoms with E-state index in [9.17, 15) is 19.2 Å². The first kappa shape index (κ1) is 22.5. The van der Waals surface area contributed by atoms with E-state index >= 15 is 0 Å². The summed E-state index contributed by atoms with van der Waals surface area (Å²) >= 11 is 0. The van der Waals surface area contributed by atoms with Gasteiger partial charge in [-0.2, -0.15) is 0 Å². The molecule has 6 heteroatoms. The van der Waals surface area contributed by atoms with E-state index in [2.05, 4.69) is 10.6 Å². The number of allylic oxidation sites excluding steroid dienone is 2. The van der Waals surface area contributed by atoms with Gasteiger partial charge < -0.3 is 10.6 Å². The van der Waals surface area contributed by atoms with Gasteiger partial charge >= 0.3 is 0 Å². The molecule has 1 amide bonds. The largest absolute Gasteiger partial charge is 0.378 e. The van der Waals surface area contributed by atoms with Crippen LogP contribution in [0.2, 0.25) is 0 Å². The molecule has 0 saturated carbocycles. The Morgan fingerprint density at radius 2 is 1.20 bits per heavy atom. The lowest BCUT2D eigenvalue weighted by atomic mass is 10.0. The van der Waals surface area contributed by atoms with Crippen LogP contribution in [0.4, 0.5) is 11.4 Å². The fraction of sp³-hybridized carbons (Fsp3) is 0.167. The topological polar surface area (TPSA) is 92.3 Å². The monoisotopic (exact) mass is 404 g/mol. The van der Waals surface area contributed by atoms with E-state index in [1.165, 1.54) is 38.2 Å². The van der Waals surface area contributed by atoms with Gasteiger partial charge in [0, 0.05) is 17.5 Å². The van der Waals surface area contributed by atoms with Gasteiger partial charge in [-0.1, -0.05) is 24.3 Å². The molecule has 2 aromatic rings. The molecule has 0 aliphatic carbocycles. The summed E-state index contributed by atoms with van der Waals surface area (Å²) < 4.78 is 0. The molecule has 2 rings (SSSR count). The molecule has 0 fully saturated rings. The van der Waals surface area contributed by atoms with E-state index in [4.69, 9.17) is 0 Å². The highest BCUT2D eigenvalue weighted by Gasteiger charge is 2.02. The maximum Gasteiger partial charge on any atom is 0.248 e. The Balaban J connectivity index is 1.86. The number of hydrogen-bond donors (Lipinski definition) is 2. The van der Waals surface area contributed by atoms with Crippen LogP contribution in [0.5, 0.6) is 0 Å². The van der Waals surface area contributed by atoms with Crippen molar-refractivity contribution in [2.45, 2.75) is 20.3 Å². The molecule has 6 nitrogen and oxygen atoms in total. The van der Waals surface area contributed by atoms with Gasteiger partial charge in [0.2, 0.25) is 5.91 Å². The molecule has 0 aliphatic heterocycles. The van der Waals surface area contributed by atoms with E-state index in [-0.39, 0.29) is 29.8 Å². The first-order valence-electron chi connectivity index (χ1n) is 9.44. The second-order valence-electron chi connectivity index (χ2n) is 6.77. The molecule has 0 aromatic heterocycles. The van der Waals surface area contributed by atoms with Crippen LogP contribution < -0.4 is 10.6 Å². The van der Waals surface area contributed by atoms with Crippen molar-refractivity contribution in [2.75, 3.05) is 17.2 Å². The predicted molar refractivity (Wildman–Crippen MR) is 117 cm³/mol. The molecule has 0 aliphatic rings. The third-order valence-corrected chi connectivity index (χ3v) is 4.02. The maximum atomic E-state index is 11.7. The van der Waals surface area contributed by atoms with Crippen LogP contribution in [-0.2, 0) is 25.6 Å². The van der Waals surface area contributed by atoms with E-state index in [0.29, 0.717) is 5.69 Å². The van der Waals surface area contributed by atoms with Gasteiger partial charge in [0.15, 0.2) is 17.3 Å². The molecule has 154 valence electrons. The lowest BCUT2D eigenvalue weighted by Crippen LogP contribution is -2.11. The van der Waals surface area contributed by atoms with Crippen LogP contribution in [0, 0.1) is 0 Å². The Bertz CT molecular complexity index is 971. The number of carbonyl (C=O) groups is 4. The molecule has 0 heterocycles. The van der Waals surface area contributed by atoms with Crippen molar-refractivity contribution in [1.82, 2.24) is 0 Å². The molecule has 30 heavy (non-hydrogen) atoms. The minimum absolute atomic E-state index is 0.123.